The maximum absolute atomic E-state index is 12.6. The quantitative estimate of drug-likeness (QED) is 0.704. The minimum Gasteiger partial charge on any atom is -0.356 e. The van der Waals surface area contributed by atoms with Gasteiger partial charge in [-0.25, -0.2) is 4.98 Å². The second-order valence-electron chi connectivity index (χ2n) is 2.62. The summed E-state index contributed by atoms with van der Waals surface area (Å²) in [4.78, 5) is 14.5. The molecule has 0 aliphatic carbocycles. The number of carbonyl (C=O) groups is 1. The number of rotatable bonds is 3. The molecule has 1 aromatic heterocycles. The molecule has 1 heterocycles. The van der Waals surface area contributed by atoms with Crippen molar-refractivity contribution in [2.45, 2.75) is 13.3 Å². The normalized spacial score (nSPS) is 9.69. The minimum atomic E-state index is -0.554. The van der Waals surface area contributed by atoms with E-state index in [0.717, 1.165) is 0 Å². The van der Waals surface area contributed by atoms with Crippen LogP contribution in [-0.2, 0) is 11.2 Å². The summed E-state index contributed by atoms with van der Waals surface area (Å²) in [6.07, 6.45) is 1.55. The Morgan fingerprint density at radius 3 is 3.08 bits per heavy atom. The van der Waals surface area contributed by atoms with E-state index in [9.17, 15) is 9.18 Å². The summed E-state index contributed by atoms with van der Waals surface area (Å²) >= 11 is 0. The summed E-state index contributed by atoms with van der Waals surface area (Å²) in [6.45, 7) is 2.43. The van der Waals surface area contributed by atoms with Gasteiger partial charge in [0.25, 0.3) is 0 Å². The van der Waals surface area contributed by atoms with Crippen molar-refractivity contribution in [1.82, 2.24) is 10.3 Å². The van der Waals surface area contributed by atoms with Crippen LogP contribution in [0.3, 0.4) is 0 Å². The lowest BCUT2D eigenvalue weighted by Crippen LogP contribution is -2.24. The van der Waals surface area contributed by atoms with E-state index in [2.05, 4.69) is 10.3 Å². The third-order valence-electron chi connectivity index (χ3n) is 1.53. The van der Waals surface area contributed by atoms with Crippen LogP contribution in [0, 0.1) is 5.95 Å². The highest BCUT2D eigenvalue weighted by atomic mass is 18.2. The Kier molecular flexibility index (Phi) is 3.37. The van der Waals surface area contributed by atoms with Crippen LogP contribution in [0.4, 0.5) is 4.39 Å². The SMILES string of the molecule is CCNC(=O)Cc1ccnc([18F])c1. The zero-order chi connectivity index (χ0) is 9.68. The van der Waals surface area contributed by atoms with Crippen molar-refractivity contribution >= 4 is 5.91 Å². The van der Waals surface area contributed by atoms with Crippen LogP contribution in [0.2, 0.25) is 0 Å². The van der Waals surface area contributed by atoms with Gasteiger partial charge in [0.1, 0.15) is 0 Å². The summed E-state index contributed by atoms with van der Waals surface area (Å²) in [5, 5.41) is 2.63. The first-order valence-corrected chi connectivity index (χ1v) is 4.09. The molecule has 0 bridgehead atoms. The summed E-state index contributed by atoms with van der Waals surface area (Å²) in [5.41, 5.74) is 0.637. The molecule has 0 saturated carbocycles. The molecule has 3 nitrogen and oxygen atoms in total. The van der Waals surface area contributed by atoms with E-state index in [-0.39, 0.29) is 12.3 Å². The Morgan fingerprint density at radius 2 is 2.46 bits per heavy atom. The molecule has 1 rings (SSSR count). The largest absolute Gasteiger partial charge is 0.356 e. The lowest BCUT2D eigenvalue weighted by Gasteiger charge is -2.01. The summed E-state index contributed by atoms with van der Waals surface area (Å²) in [7, 11) is 0. The number of amides is 1. The van der Waals surface area contributed by atoms with E-state index in [1.54, 1.807) is 6.07 Å². The Bertz CT molecular complexity index is 301. The van der Waals surface area contributed by atoms with E-state index >= 15 is 0 Å². The smallest absolute Gasteiger partial charge is 0.224 e. The molecule has 0 spiro atoms. The zero-order valence-electron chi connectivity index (χ0n) is 7.38. The van der Waals surface area contributed by atoms with Gasteiger partial charge in [0.2, 0.25) is 11.9 Å². The fraction of sp³-hybridized carbons (Fsp3) is 0.333. The van der Waals surface area contributed by atoms with Gasteiger partial charge < -0.3 is 5.32 Å². The number of likely N-dealkylation sites (N-methyl/N-ethyl adjacent to an activating group) is 1. The molecule has 1 N–H and O–H groups in total. The summed E-state index contributed by atoms with van der Waals surface area (Å²) in [5.74, 6) is -0.658. The van der Waals surface area contributed by atoms with Crippen LogP contribution >= 0.6 is 0 Å². The van der Waals surface area contributed by atoms with E-state index in [1.165, 1.54) is 12.3 Å². The number of carbonyl (C=O) groups excluding carboxylic acids is 1. The molecular weight excluding hydrogens is 170 g/mol. The molecule has 0 radical (unpaired) electrons. The van der Waals surface area contributed by atoms with Crippen molar-refractivity contribution in [3.63, 3.8) is 0 Å². The number of nitrogens with zero attached hydrogens (tertiary/aromatic N) is 1. The lowest BCUT2D eigenvalue weighted by molar-refractivity contribution is -0.120. The van der Waals surface area contributed by atoms with Gasteiger partial charge in [-0.2, -0.15) is 4.39 Å². The Labute approximate surface area is 76.0 Å². The molecule has 13 heavy (non-hydrogen) atoms. The summed E-state index contributed by atoms with van der Waals surface area (Å²) in [6, 6.07) is 2.88. The van der Waals surface area contributed by atoms with Gasteiger partial charge >= 0.3 is 0 Å². The topological polar surface area (TPSA) is 42.0 Å². The first-order valence-electron chi connectivity index (χ1n) is 4.09. The molecule has 0 aliphatic heterocycles. The van der Waals surface area contributed by atoms with Gasteiger partial charge in [0.05, 0.1) is 6.42 Å². The molecule has 0 aromatic carbocycles. The van der Waals surface area contributed by atoms with Gasteiger partial charge in [-0.15, -0.1) is 0 Å². The molecule has 0 atom stereocenters. The van der Waals surface area contributed by atoms with Crippen molar-refractivity contribution in [2.75, 3.05) is 6.54 Å². The van der Waals surface area contributed by atoms with Gasteiger partial charge in [0, 0.05) is 12.7 Å². The average molecular weight is 181 g/mol. The highest BCUT2D eigenvalue weighted by Gasteiger charge is 2.02. The molecule has 4 heteroatoms. The maximum Gasteiger partial charge on any atom is 0.224 e. The molecule has 0 aliphatic rings. The van der Waals surface area contributed by atoms with Crippen LogP contribution in [0.1, 0.15) is 12.5 Å². The average Bonchev–Trinajstić information content (AvgIpc) is 2.04. The number of aromatic nitrogens is 1. The number of pyridine rings is 1. The number of hydrogen-bond donors (Lipinski definition) is 1. The number of nitrogens with one attached hydrogen (secondary N) is 1. The predicted molar refractivity (Wildman–Crippen MR) is 46.6 cm³/mol. The van der Waals surface area contributed by atoms with Crippen molar-refractivity contribution in [2.24, 2.45) is 0 Å². The maximum atomic E-state index is 12.6. The van der Waals surface area contributed by atoms with Crippen LogP contribution < -0.4 is 5.32 Å². The predicted octanol–water partition coefficient (Wildman–Crippen LogP) is 0.899. The fourth-order valence-corrected chi connectivity index (χ4v) is 0.998. The lowest BCUT2D eigenvalue weighted by atomic mass is 10.2. The standard InChI is InChI=1S/C9H11FN2O/c1-2-11-9(13)6-7-3-4-12-8(10)5-7/h3-5H,2,6H2,1H3,(H,11,13)/i10-1. The van der Waals surface area contributed by atoms with Crippen molar-refractivity contribution in [3.8, 4) is 0 Å². The van der Waals surface area contributed by atoms with Crippen LogP contribution in [0.5, 0.6) is 0 Å². The second kappa shape index (κ2) is 4.54. The van der Waals surface area contributed by atoms with Crippen molar-refractivity contribution < 1.29 is 9.18 Å². The Hall–Kier alpha value is -1.45. The first kappa shape index (κ1) is 9.64. The van der Waals surface area contributed by atoms with E-state index in [1.807, 2.05) is 6.92 Å². The molecule has 0 saturated heterocycles. The van der Waals surface area contributed by atoms with Gasteiger partial charge in [0.15, 0.2) is 0 Å². The third kappa shape index (κ3) is 3.19. The monoisotopic (exact) mass is 181 g/mol. The molecule has 1 amide bonds. The van der Waals surface area contributed by atoms with Crippen LogP contribution in [0.25, 0.3) is 0 Å². The van der Waals surface area contributed by atoms with Crippen LogP contribution in [-0.4, -0.2) is 17.4 Å². The number of halogens is 1. The van der Waals surface area contributed by atoms with Gasteiger partial charge in [-0.3, -0.25) is 4.79 Å². The minimum absolute atomic E-state index is 0.104. The Balaban J connectivity index is 2.58. The third-order valence-corrected chi connectivity index (χ3v) is 1.53. The highest BCUT2D eigenvalue weighted by Crippen LogP contribution is 2.00. The van der Waals surface area contributed by atoms with Crippen molar-refractivity contribution in [1.29, 1.82) is 0 Å². The van der Waals surface area contributed by atoms with E-state index < -0.39 is 5.95 Å². The molecular formula is C9H11FN2O. The second-order valence-corrected chi connectivity index (χ2v) is 2.62. The van der Waals surface area contributed by atoms with E-state index in [0.29, 0.717) is 12.1 Å². The highest BCUT2D eigenvalue weighted by molar-refractivity contribution is 5.78. The van der Waals surface area contributed by atoms with Crippen molar-refractivity contribution in [3.05, 3.63) is 29.8 Å². The number of hydrogen-bond acceptors (Lipinski definition) is 2. The van der Waals surface area contributed by atoms with Gasteiger partial charge in [-0.1, -0.05) is 0 Å². The van der Waals surface area contributed by atoms with Gasteiger partial charge in [-0.05, 0) is 24.6 Å². The molecule has 1 aromatic rings. The molecule has 0 unspecified atom stereocenters. The molecule has 0 fully saturated rings. The Morgan fingerprint density at radius 1 is 1.69 bits per heavy atom. The fourth-order valence-electron chi connectivity index (χ4n) is 0.998. The molecule has 70 valence electrons. The zero-order valence-corrected chi connectivity index (χ0v) is 7.38. The van der Waals surface area contributed by atoms with E-state index in [4.69, 9.17) is 0 Å². The summed E-state index contributed by atoms with van der Waals surface area (Å²) < 4.78 is 12.6. The first-order chi connectivity index (χ1) is 6.22. The van der Waals surface area contributed by atoms with Crippen LogP contribution in [0.15, 0.2) is 18.3 Å².